The van der Waals surface area contributed by atoms with E-state index in [1.54, 1.807) is 13.0 Å². The van der Waals surface area contributed by atoms with Crippen LogP contribution in [0, 0.1) is 13.8 Å². The normalized spacial score (nSPS) is 13.6. The second kappa shape index (κ2) is 5.86. The third kappa shape index (κ3) is 3.09. The Morgan fingerprint density at radius 3 is 2.46 bits per heavy atom. The van der Waals surface area contributed by atoms with Gasteiger partial charge >= 0.3 is 0 Å². The molecule has 1 aliphatic heterocycles. The molecule has 7 nitrogen and oxygen atoms in total. The molecule has 0 saturated carbocycles. The Labute approximate surface area is 140 Å². The molecule has 0 saturated heterocycles. The number of aryl methyl sites for hydroxylation is 1. The van der Waals surface area contributed by atoms with Crippen LogP contribution in [0.1, 0.15) is 21.7 Å². The number of ether oxygens (including phenoxy) is 2. The summed E-state index contributed by atoms with van der Waals surface area (Å²) in [4.78, 5) is 12.2. The van der Waals surface area contributed by atoms with Gasteiger partial charge in [-0.05, 0) is 32.0 Å². The van der Waals surface area contributed by atoms with Gasteiger partial charge in [0.15, 0.2) is 11.5 Å². The van der Waals surface area contributed by atoms with E-state index >= 15 is 0 Å². The van der Waals surface area contributed by atoms with Crippen LogP contribution < -0.4 is 14.2 Å². The van der Waals surface area contributed by atoms with Crippen molar-refractivity contribution < 1.29 is 22.7 Å². The molecule has 1 amide bonds. The van der Waals surface area contributed by atoms with Crippen molar-refractivity contribution >= 4 is 15.9 Å². The SMILES string of the molecule is Cc1cc(C(=O)NS(C)(=O)=O)c(C)n1-c1ccc2c(c1)OCCO2. The zero-order chi connectivity index (χ0) is 17.5. The minimum atomic E-state index is -3.61. The molecule has 128 valence electrons. The van der Waals surface area contributed by atoms with Crippen LogP contribution in [0.5, 0.6) is 11.5 Å². The number of carbonyl (C=O) groups excluding carboxylic acids is 1. The van der Waals surface area contributed by atoms with Crippen LogP contribution in [0.25, 0.3) is 5.69 Å². The molecule has 8 heteroatoms. The average Bonchev–Trinajstić information content (AvgIpc) is 2.80. The zero-order valence-corrected chi connectivity index (χ0v) is 14.4. The Balaban J connectivity index is 2.02. The Kier molecular flexibility index (Phi) is 4.00. The lowest BCUT2D eigenvalue weighted by Crippen LogP contribution is -2.29. The fourth-order valence-corrected chi connectivity index (χ4v) is 3.23. The first kappa shape index (κ1) is 16.4. The van der Waals surface area contributed by atoms with Gasteiger partial charge in [0.1, 0.15) is 13.2 Å². The third-order valence-corrected chi connectivity index (χ3v) is 4.29. The molecule has 0 atom stereocenters. The predicted molar refractivity (Wildman–Crippen MR) is 88.5 cm³/mol. The summed E-state index contributed by atoms with van der Waals surface area (Å²) in [6, 6.07) is 7.18. The number of nitrogens with zero attached hydrogens (tertiary/aromatic N) is 1. The number of aromatic nitrogens is 1. The van der Waals surface area contributed by atoms with Crippen molar-refractivity contribution in [3.8, 4) is 17.2 Å². The van der Waals surface area contributed by atoms with Crippen molar-refractivity contribution in [3.63, 3.8) is 0 Å². The second-order valence-electron chi connectivity index (χ2n) is 5.65. The highest BCUT2D eigenvalue weighted by Gasteiger charge is 2.20. The first-order chi connectivity index (χ1) is 11.3. The Hall–Kier alpha value is -2.48. The Morgan fingerprint density at radius 1 is 1.12 bits per heavy atom. The Bertz CT molecular complexity index is 915. The highest BCUT2D eigenvalue weighted by atomic mass is 32.2. The van der Waals surface area contributed by atoms with Gasteiger partial charge in [-0.3, -0.25) is 4.79 Å². The smallest absolute Gasteiger partial charge is 0.266 e. The summed E-state index contributed by atoms with van der Waals surface area (Å²) in [6.45, 7) is 4.62. The monoisotopic (exact) mass is 350 g/mol. The van der Waals surface area contributed by atoms with Crippen LogP contribution in [0.2, 0.25) is 0 Å². The summed E-state index contributed by atoms with van der Waals surface area (Å²) < 4.78 is 37.5. The lowest BCUT2D eigenvalue weighted by Gasteiger charge is -2.20. The summed E-state index contributed by atoms with van der Waals surface area (Å²) in [5.74, 6) is 0.685. The molecule has 24 heavy (non-hydrogen) atoms. The largest absolute Gasteiger partial charge is 0.486 e. The maximum atomic E-state index is 12.2. The second-order valence-corrected chi connectivity index (χ2v) is 7.40. The van der Waals surface area contributed by atoms with Crippen LogP contribution >= 0.6 is 0 Å². The summed E-state index contributed by atoms with van der Waals surface area (Å²) in [5.41, 5.74) is 2.58. The lowest BCUT2D eigenvalue weighted by molar-refractivity contribution is 0.0981. The molecule has 2 aromatic rings. The van der Waals surface area contributed by atoms with E-state index in [-0.39, 0.29) is 0 Å². The van der Waals surface area contributed by atoms with Crippen molar-refractivity contribution in [3.05, 3.63) is 41.2 Å². The fourth-order valence-electron chi connectivity index (χ4n) is 2.78. The van der Waals surface area contributed by atoms with E-state index in [2.05, 4.69) is 0 Å². The van der Waals surface area contributed by atoms with Crippen molar-refractivity contribution in [2.24, 2.45) is 0 Å². The summed E-state index contributed by atoms with van der Waals surface area (Å²) >= 11 is 0. The topological polar surface area (TPSA) is 86.6 Å². The minimum absolute atomic E-state index is 0.313. The van der Waals surface area contributed by atoms with Crippen molar-refractivity contribution in [1.29, 1.82) is 0 Å². The molecule has 0 spiro atoms. The highest BCUT2D eigenvalue weighted by Crippen LogP contribution is 2.33. The van der Waals surface area contributed by atoms with E-state index in [1.165, 1.54) is 0 Å². The Morgan fingerprint density at radius 2 is 1.79 bits per heavy atom. The first-order valence-corrected chi connectivity index (χ1v) is 9.26. The summed E-state index contributed by atoms with van der Waals surface area (Å²) in [6.07, 6.45) is 0.949. The molecule has 0 bridgehead atoms. The molecule has 1 aromatic carbocycles. The number of hydrogen-bond donors (Lipinski definition) is 1. The van der Waals surface area contributed by atoms with E-state index < -0.39 is 15.9 Å². The molecule has 1 aliphatic rings. The molecular formula is C16H18N2O5S. The van der Waals surface area contributed by atoms with Crippen LogP contribution in [0.4, 0.5) is 0 Å². The van der Waals surface area contributed by atoms with Gasteiger partial charge in [-0.25, -0.2) is 13.1 Å². The van der Waals surface area contributed by atoms with Gasteiger partial charge in [-0.2, -0.15) is 0 Å². The zero-order valence-electron chi connectivity index (χ0n) is 13.6. The lowest BCUT2D eigenvalue weighted by atomic mass is 10.2. The number of fused-ring (bicyclic) bond motifs is 1. The number of hydrogen-bond acceptors (Lipinski definition) is 5. The van der Waals surface area contributed by atoms with Gasteiger partial charge in [0, 0.05) is 23.1 Å². The maximum Gasteiger partial charge on any atom is 0.266 e. The number of carbonyl (C=O) groups is 1. The molecule has 0 radical (unpaired) electrons. The van der Waals surface area contributed by atoms with E-state index in [0.717, 1.165) is 17.6 Å². The van der Waals surface area contributed by atoms with E-state index in [9.17, 15) is 13.2 Å². The maximum absolute atomic E-state index is 12.2. The number of rotatable bonds is 3. The summed E-state index contributed by atoms with van der Waals surface area (Å²) in [7, 11) is -3.61. The number of sulfonamides is 1. The van der Waals surface area contributed by atoms with E-state index in [0.29, 0.717) is 36.0 Å². The highest BCUT2D eigenvalue weighted by molar-refractivity contribution is 7.89. The van der Waals surface area contributed by atoms with Crippen molar-refractivity contribution in [2.45, 2.75) is 13.8 Å². The van der Waals surface area contributed by atoms with Gasteiger partial charge in [-0.15, -0.1) is 0 Å². The molecular weight excluding hydrogens is 332 g/mol. The van der Waals surface area contributed by atoms with Gasteiger partial charge in [0.05, 0.1) is 11.8 Å². The molecule has 1 N–H and O–H groups in total. The van der Waals surface area contributed by atoms with Crippen LogP contribution in [0.15, 0.2) is 24.3 Å². The molecule has 0 unspecified atom stereocenters. The van der Waals surface area contributed by atoms with Gasteiger partial charge in [0.25, 0.3) is 5.91 Å². The molecule has 0 aliphatic carbocycles. The summed E-state index contributed by atoms with van der Waals surface area (Å²) in [5, 5.41) is 0. The van der Waals surface area contributed by atoms with Gasteiger partial charge in [0.2, 0.25) is 10.0 Å². The van der Waals surface area contributed by atoms with Crippen LogP contribution in [-0.4, -0.2) is 38.4 Å². The van der Waals surface area contributed by atoms with E-state index in [4.69, 9.17) is 9.47 Å². The van der Waals surface area contributed by atoms with Crippen molar-refractivity contribution in [2.75, 3.05) is 19.5 Å². The number of nitrogens with one attached hydrogen (secondary N) is 1. The fraction of sp³-hybridized carbons (Fsp3) is 0.312. The van der Waals surface area contributed by atoms with Gasteiger partial charge < -0.3 is 14.0 Å². The average molecular weight is 350 g/mol. The van der Waals surface area contributed by atoms with Gasteiger partial charge in [-0.1, -0.05) is 0 Å². The predicted octanol–water partition coefficient (Wildman–Crippen LogP) is 1.55. The first-order valence-electron chi connectivity index (χ1n) is 7.37. The third-order valence-electron chi connectivity index (χ3n) is 3.74. The van der Waals surface area contributed by atoms with Crippen molar-refractivity contribution in [1.82, 2.24) is 9.29 Å². The molecule has 1 aromatic heterocycles. The number of amides is 1. The molecule has 2 heterocycles. The molecule has 0 fully saturated rings. The minimum Gasteiger partial charge on any atom is -0.486 e. The van der Waals surface area contributed by atoms with Crippen LogP contribution in [0.3, 0.4) is 0 Å². The standard InChI is InChI=1S/C16H18N2O5S/c1-10-8-13(16(19)17-24(3,20)21)11(2)18(10)12-4-5-14-15(9-12)23-7-6-22-14/h4-5,8-9H,6-7H2,1-3H3,(H,17,19). The van der Waals surface area contributed by atoms with Crippen LogP contribution in [-0.2, 0) is 10.0 Å². The quantitative estimate of drug-likeness (QED) is 0.908. The van der Waals surface area contributed by atoms with E-state index in [1.807, 2.05) is 34.4 Å². The number of benzene rings is 1. The molecule has 3 rings (SSSR count).